The summed E-state index contributed by atoms with van der Waals surface area (Å²) in [5.74, 6) is -1.37. The summed E-state index contributed by atoms with van der Waals surface area (Å²) in [5, 5.41) is 0. The number of halogens is 3. The summed E-state index contributed by atoms with van der Waals surface area (Å²) in [4.78, 5) is 34.5. The molecular formula is C22H22BrF2N5O3. The van der Waals surface area contributed by atoms with Crippen molar-refractivity contribution in [3.8, 4) is 5.75 Å². The maximum atomic E-state index is 13.8. The Morgan fingerprint density at radius 3 is 2.55 bits per heavy atom. The molecule has 0 saturated carbocycles. The van der Waals surface area contributed by atoms with Gasteiger partial charge in [-0.1, -0.05) is 0 Å². The van der Waals surface area contributed by atoms with E-state index in [2.05, 4.69) is 25.9 Å². The summed E-state index contributed by atoms with van der Waals surface area (Å²) in [6.07, 6.45) is 3.08. The molecule has 0 unspecified atom stereocenters. The third-order valence-electron chi connectivity index (χ3n) is 4.89. The summed E-state index contributed by atoms with van der Waals surface area (Å²) in [6, 6.07) is 4.85. The molecule has 1 amide bonds. The summed E-state index contributed by atoms with van der Waals surface area (Å²) >= 11 is 3.25. The topological polar surface area (TPSA) is 103 Å². The summed E-state index contributed by atoms with van der Waals surface area (Å²) < 4.78 is 34.2. The average molecular weight is 522 g/mol. The largest absolute Gasteiger partial charge is 0.487 e. The van der Waals surface area contributed by atoms with Crippen LogP contribution in [0.15, 0.2) is 45.9 Å². The number of aromatic nitrogens is 3. The van der Waals surface area contributed by atoms with Gasteiger partial charge in [-0.05, 0) is 35.0 Å². The fourth-order valence-corrected chi connectivity index (χ4v) is 3.45. The van der Waals surface area contributed by atoms with Crippen LogP contribution in [0.5, 0.6) is 5.75 Å². The predicted octanol–water partition coefficient (Wildman–Crippen LogP) is 2.53. The van der Waals surface area contributed by atoms with E-state index in [1.54, 1.807) is 26.2 Å². The SMILES string of the molecule is Cc1cc(OCc2ccc(F)cc2F)c(Br)c(=O)n1Cc1cnc(CN(C)C(=O)CN)cn1. The highest BCUT2D eigenvalue weighted by Crippen LogP contribution is 2.24. The highest BCUT2D eigenvalue weighted by atomic mass is 79.9. The van der Waals surface area contributed by atoms with Crippen molar-refractivity contribution in [2.24, 2.45) is 5.73 Å². The maximum absolute atomic E-state index is 13.8. The molecule has 0 spiro atoms. The maximum Gasteiger partial charge on any atom is 0.269 e. The minimum absolute atomic E-state index is 0.0857. The Kier molecular flexibility index (Phi) is 7.88. The van der Waals surface area contributed by atoms with E-state index < -0.39 is 11.6 Å². The van der Waals surface area contributed by atoms with Crippen molar-refractivity contribution in [1.82, 2.24) is 19.4 Å². The van der Waals surface area contributed by atoms with Crippen molar-refractivity contribution in [1.29, 1.82) is 0 Å². The lowest BCUT2D eigenvalue weighted by Gasteiger charge is -2.16. The zero-order valence-corrected chi connectivity index (χ0v) is 19.6. The molecule has 2 N–H and O–H groups in total. The number of benzene rings is 1. The Labute approximate surface area is 197 Å². The summed E-state index contributed by atoms with van der Waals surface area (Å²) in [7, 11) is 1.62. The van der Waals surface area contributed by atoms with Crippen LogP contribution in [0.25, 0.3) is 0 Å². The van der Waals surface area contributed by atoms with Crippen molar-refractivity contribution in [3.63, 3.8) is 0 Å². The molecule has 0 aliphatic rings. The quantitative estimate of drug-likeness (QED) is 0.488. The van der Waals surface area contributed by atoms with Crippen LogP contribution >= 0.6 is 15.9 Å². The third-order valence-corrected chi connectivity index (χ3v) is 5.62. The van der Waals surface area contributed by atoms with Gasteiger partial charge in [0.05, 0.1) is 43.4 Å². The number of aryl methyl sites for hydroxylation is 1. The third kappa shape index (κ3) is 5.99. The number of pyridine rings is 1. The fourth-order valence-electron chi connectivity index (χ4n) is 3.00. The number of rotatable bonds is 8. The molecule has 0 bridgehead atoms. The van der Waals surface area contributed by atoms with E-state index in [-0.39, 0.29) is 53.5 Å². The van der Waals surface area contributed by atoms with Gasteiger partial charge < -0.3 is 19.9 Å². The average Bonchev–Trinajstić information content (AvgIpc) is 2.79. The van der Waals surface area contributed by atoms with Crippen LogP contribution in [0, 0.1) is 18.6 Å². The van der Waals surface area contributed by atoms with Crippen LogP contribution in [-0.2, 0) is 24.5 Å². The first-order valence-electron chi connectivity index (χ1n) is 9.90. The van der Waals surface area contributed by atoms with E-state index >= 15 is 0 Å². The molecule has 3 aromatic rings. The molecule has 2 heterocycles. The number of hydrogen-bond acceptors (Lipinski definition) is 6. The Bertz CT molecular complexity index is 1220. The van der Waals surface area contributed by atoms with Gasteiger partial charge in [-0.25, -0.2) is 8.78 Å². The molecule has 0 atom stereocenters. The first-order chi connectivity index (χ1) is 15.7. The number of ether oxygens (including phenoxy) is 1. The van der Waals surface area contributed by atoms with Gasteiger partial charge in [0.2, 0.25) is 5.91 Å². The predicted molar refractivity (Wildman–Crippen MR) is 120 cm³/mol. The minimum Gasteiger partial charge on any atom is -0.487 e. The van der Waals surface area contributed by atoms with Crippen LogP contribution in [0.1, 0.15) is 22.6 Å². The molecule has 1 aromatic carbocycles. The molecule has 3 rings (SSSR count). The van der Waals surface area contributed by atoms with Gasteiger partial charge in [-0.15, -0.1) is 0 Å². The number of carbonyl (C=O) groups is 1. The highest BCUT2D eigenvalue weighted by molar-refractivity contribution is 9.10. The lowest BCUT2D eigenvalue weighted by Crippen LogP contribution is -2.32. The lowest BCUT2D eigenvalue weighted by atomic mass is 10.2. The van der Waals surface area contributed by atoms with Crippen molar-refractivity contribution < 1.29 is 18.3 Å². The molecule has 0 radical (unpaired) electrons. The molecular weight excluding hydrogens is 500 g/mol. The number of likely N-dealkylation sites (N-methyl/N-ethyl adjacent to an activating group) is 1. The van der Waals surface area contributed by atoms with Gasteiger partial charge >= 0.3 is 0 Å². The van der Waals surface area contributed by atoms with Gasteiger partial charge in [0.25, 0.3) is 5.56 Å². The van der Waals surface area contributed by atoms with Crippen molar-refractivity contribution in [2.45, 2.75) is 26.6 Å². The van der Waals surface area contributed by atoms with Gasteiger partial charge in [0.15, 0.2) is 0 Å². The molecule has 0 aliphatic carbocycles. The van der Waals surface area contributed by atoms with Crippen LogP contribution in [0.3, 0.4) is 0 Å². The molecule has 174 valence electrons. The van der Waals surface area contributed by atoms with E-state index in [1.807, 2.05) is 0 Å². The first-order valence-corrected chi connectivity index (χ1v) is 10.7. The second-order valence-corrected chi connectivity index (χ2v) is 8.13. The zero-order valence-electron chi connectivity index (χ0n) is 18.0. The van der Waals surface area contributed by atoms with Crippen molar-refractivity contribution in [2.75, 3.05) is 13.6 Å². The zero-order chi connectivity index (χ0) is 24.1. The summed E-state index contributed by atoms with van der Waals surface area (Å²) in [5.41, 5.74) is 6.88. The smallest absolute Gasteiger partial charge is 0.269 e. The number of hydrogen-bond donors (Lipinski definition) is 1. The second-order valence-electron chi connectivity index (χ2n) is 7.33. The summed E-state index contributed by atoms with van der Waals surface area (Å²) in [6.45, 7) is 1.92. The van der Waals surface area contributed by atoms with Crippen molar-refractivity contribution >= 4 is 21.8 Å². The molecule has 8 nitrogen and oxygen atoms in total. The van der Waals surface area contributed by atoms with Crippen LogP contribution in [-0.4, -0.2) is 38.9 Å². The van der Waals surface area contributed by atoms with E-state index in [0.29, 0.717) is 17.1 Å². The van der Waals surface area contributed by atoms with Gasteiger partial charge in [-0.2, -0.15) is 0 Å². The van der Waals surface area contributed by atoms with E-state index in [4.69, 9.17) is 10.5 Å². The van der Waals surface area contributed by atoms with Gasteiger partial charge in [0.1, 0.15) is 28.5 Å². The second kappa shape index (κ2) is 10.6. The van der Waals surface area contributed by atoms with Crippen molar-refractivity contribution in [3.05, 3.63) is 85.8 Å². The Balaban J connectivity index is 1.73. The minimum atomic E-state index is -0.725. The molecule has 0 fully saturated rings. The number of nitrogens with two attached hydrogens (primary N) is 1. The lowest BCUT2D eigenvalue weighted by molar-refractivity contribution is -0.128. The highest BCUT2D eigenvalue weighted by Gasteiger charge is 2.15. The van der Waals surface area contributed by atoms with E-state index in [9.17, 15) is 18.4 Å². The Morgan fingerprint density at radius 1 is 1.21 bits per heavy atom. The van der Waals surface area contributed by atoms with Gasteiger partial charge in [-0.3, -0.25) is 19.6 Å². The number of carbonyl (C=O) groups excluding carboxylic acids is 1. The Hall–Kier alpha value is -3.18. The van der Waals surface area contributed by atoms with E-state index in [1.165, 1.54) is 21.7 Å². The number of amides is 1. The molecule has 11 heteroatoms. The molecule has 33 heavy (non-hydrogen) atoms. The first kappa shape index (κ1) is 24.5. The normalized spacial score (nSPS) is 10.8. The standard InChI is InChI=1S/C22H22BrF2N5O3/c1-13-5-19(33-12-14-3-4-15(24)6-18(14)25)21(23)22(32)30(13)11-17-9-27-16(8-28-17)10-29(2)20(31)7-26/h3-6,8-9H,7,10-12,26H2,1-2H3. The van der Waals surface area contributed by atoms with Crippen LogP contribution in [0.4, 0.5) is 8.78 Å². The molecule has 0 saturated heterocycles. The van der Waals surface area contributed by atoms with Crippen LogP contribution < -0.4 is 16.0 Å². The molecule has 0 aliphatic heterocycles. The van der Waals surface area contributed by atoms with Crippen LogP contribution in [0.2, 0.25) is 0 Å². The molecule has 2 aromatic heterocycles. The van der Waals surface area contributed by atoms with Gasteiger partial charge in [0, 0.05) is 30.4 Å². The number of nitrogens with zero attached hydrogens (tertiary/aromatic N) is 4. The fraction of sp³-hybridized carbons (Fsp3) is 0.273. The van der Waals surface area contributed by atoms with E-state index in [0.717, 1.165) is 12.1 Å². The Morgan fingerprint density at radius 2 is 1.91 bits per heavy atom. The monoisotopic (exact) mass is 521 g/mol.